The van der Waals surface area contributed by atoms with Crippen LogP contribution >= 0.6 is 0 Å². The molecule has 0 saturated carbocycles. The molecule has 1 rings (SSSR count). The average molecular weight is 186 g/mol. The van der Waals surface area contributed by atoms with E-state index in [0.29, 0.717) is 6.10 Å². The van der Waals surface area contributed by atoms with E-state index in [1.54, 1.807) is 0 Å². The van der Waals surface area contributed by atoms with Crippen LogP contribution in [-0.4, -0.2) is 18.5 Å². The fourth-order valence-corrected chi connectivity index (χ4v) is 1.79. The van der Waals surface area contributed by atoms with Crippen molar-refractivity contribution >= 4 is 0 Å². The molecule has 1 aliphatic heterocycles. The van der Waals surface area contributed by atoms with Crippen LogP contribution < -0.4 is 0 Å². The summed E-state index contributed by atoms with van der Waals surface area (Å²) in [6, 6.07) is 0. The Hall–Kier alpha value is -0.0800. The van der Waals surface area contributed by atoms with Gasteiger partial charge in [0.1, 0.15) is 0 Å². The van der Waals surface area contributed by atoms with Crippen LogP contribution in [0.25, 0.3) is 0 Å². The van der Waals surface area contributed by atoms with Gasteiger partial charge in [-0.15, -0.1) is 0 Å². The van der Waals surface area contributed by atoms with Crippen molar-refractivity contribution in [1.29, 1.82) is 0 Å². The third-order valence-electron chi connectivity index (χ3n) is 2.62. The van der Waals surface area contributed by atoms with Crippen molar-refractivity contribution in [3.8, 4) is 0 Å². The van der Waals surface area contributed by atoms with E-state index in [1.807, 2.05) is 0 Å². The van der Waals surface area contributed by atoms with Gasteiger partial charge in [0.15, 0.2) is 5.79 Å². The largest absolute Gasteiger partial charge is 0.350 e. The second kappa shape index (κ2) is 4.97. The van der Waals surface area contributed by atoms with Crippen LogP contribution in [0.5, 0.6) is 0 Å². The van der Waals surface area contributed by atoms with E-state index < -0.39 is 0 Å². The van der Waals surface area contributed by atoms with E-state index in [9.17, 15) is 0 Å². The predicted molar refractivity (Wildman–Crippen MR) is 53.7 cm³/mol. The zero-order valence-corrected chi connectivity index (χ0v) is 9.14. The summed E-state index contributed by atoms with van der Waals surface area (Å²) in [5.41, 5.74) is 0. The maximum atomic E-state index is 5.80. The lowest BCUT2D eigenvalue weighted by Crippen LogP contribution is -2.41. The van der Waals surface area contributed by atoms with Crippen LogP contribution in [-0.2, 0) is 9.47 Å². The van der Waals surface area contributed by atoms with Crippen molar-refractivity contribution in [1.82, 2.24) is 0 Å². The minimum absolute atomic E-state index is 0.299. The Morgan fingerprint density at radius 1 is 1.38 bits per heavy atom. The Bertz CT molecular complexity index is 147. The minimum atomic E-state index is -0.299. The topological polar surface area (TPSA) is 18.5 Å². The highest BCUT2D eigenvalue weighted by atomic mass is 16.7. The molecule has 0 aromatic rings. The Kier molecular flexibility index (Phi) is 4.20. The van der Waals surface area contributed by atoms with Crippen molar-refractivity contribution in [2.75, 3.05) is 6.61 Å². The van der Waals surface area contributed by atoms with Crippen molar-refractivity contribution in [2.45, 2.75) is 64.8 Å². The van der Waals surface area contributed by atoms with E-state index in [0.717, 1.165) is 19.4 Å². The smallest absolute Gasteiger partial charge is 0.165 e. The summed E-state index contributed by atoms with van der Waals surface area (Å²) in [6.07, 6.45) is 6.16. The van der Waals surface area contributed by atoms with Gasteiger partial charge in [0.2, 0.25) is 0 Å². The monoisotopic (exact) mass is 186 g/mol. The zero-order chi connectivity index (χ0) is 9.73. The van der Waals surface area contributed by atoms with Crippen molar-refractivity contribution < 1.29 is 9.47 Å². The maximum Gasteiger partial charge on any atom is 0.165 e. The van der Waals surface area contributed by atoms with Gasteiger partial charge in [-0.25, -0.2) is 0 Å². The highest BCUT2D eigenvalue weighted by molar-refractivity contribution is 4.70. The Labute approximate surface area is 81.6 Å². The lowest BCUT2D eigenvalue weighted by atomic mass is 10.1. The van der Waals surface area contributed by atoms with Crippen LogP contribution in [0.3, 0.4) is 0 Å². The van der Waals surface area contributed by atoms with Gasteiger partial charge in [-0.3, -0.25) is 0 Å². The van der Waals surface area contributed by atoms with Crippen molar-refractivity contribution in [3.05, 3.63) is 0 Å². The van der Waals surface area contributed by atoms with E-state index in [2.05, 4.69) is 20.8 Å². The molecule has 0 bridgehead atoms. The second-order valence-electron chi connectivity index (χ2n) is 4.16. The molecule has 2 atom stereocenters. The summed E-state index contributed by atoms with van der Waals surface area (Å²) in [7, 11) is 0. The molecule has 0 amide bonds. The first-order valence-electron chi connectivity index (χ1n) is 5.48. The normalized spacial score (nSPS) is 34.8. The zero-order valence-electron chi connectivity index (χ0n) is 9.14. The fraction of sp³-hybridized carbons (Fsp3) is 1.00. The molecule has 1 fully saturated rings. The van der Waals surface area contributed by atoms with E-state index >= 15 is 0 Å². The van der Waals surface area contributed by atoms with Crippen LogP contribution in [0.15, 0.2) is 0 Å². The first-order chi connectivity index (χ1) is 6.16. The van der Waals surface area contributed by atoms with Gasteiger partial charge in [-0.2, -0.15) is 0 Å². The number of hydrogen-bond donors (Lipinski definition) is 0. The maximum absolute atomic E-state index is 5.80. The quantitative estimate of drug-likeness (QED) is 0.628. The lowest BCUT2D eigenvalue weighted by Gasteiger charge is -2.37. The first-order valence-corrected chi connectivity index (χ1v) is 5.48. The highest BCUT2D eigenvalue weighted by Gasteiger charge is 2.31. The first kappa shape index (κ1) is 11.0. The summed E-state index contributed by atoms with van der Waals surface area (Å²) in [5, 5.41) is 0. The summed E-state index contributed by atoms with van der Waals surface area (Å²) in [6.45, 7) is 7.26. The molecular weight excluding hydrogens is 164 g/mol. The molecule has 78 valence electrons. The molecule has 13 heavy (non-hydrogen) atoms. The van der Waals surface area contributed by atoms with Crippen LogP contribution in [0, 0.1) is 0 Å². The molecule has 0 spiro atoms. The molecule has 1 aliphatic rings. The molecule has 0 aromatic carbocycles. The van der Waals surface area contributed by atoms with E-state index in [4.69, 9.17) is 9.47 Å². The van der Waals surface area contributed by atoms with Gasteiger partial charge >= 0.3 is 0 Å². The van der Waals surface area contributed by atoms with Crippen LogP contribution in [0.4, 0.5) is 0 Å². The van der Waals surface area contributed by atoms with Gasteiger partial charge in [0, 0.05) is 6.42 Å². The van der Waals surface area contributed by atoms with Gasteiger partial charge in [0.25, 0.3) is 0 Å². The molecule has 0 aromatic heterocycles. The van der Waals surface area contributed by atoms with Gasteiger partial charge in [-0.05, 0) is 26.7 Å². The van der Waals surface area contributed by atoms with Gasteiger partial charge in [0.05, 0.1) is 12.7 Å². The van der Waals surface area contributed by atoms with Crippen molar-refractivity contribution in [2.24, 2.45) is 0 Å². The Morgan fingerprint density at radius 3 is 2.77 bits per heavy atom. The highest BCUT2D eigenvalue weighted by Crippen LogP contribution is 2.27. The van der Waals surface area contributed by atoms with Gasteiger partial charge < -0.3 is 9.47 Å². The lowest BCUT2D eigenvalue weighted by molar-refractivity contribution is -0.283. The minimum Gasteiger partial charge on any atom is -0.350 e. The second-order valence-corrected chi connectivity index (χ2v) is 4.16. The molecule has 2 heteroatoms. The fourth-order valence-electron chi connectivity index (χ4n) is 1.79. The van der Waals surface area contributed by atoms with Crippen LogP contribution in [0.1, 0.15) is 52.9 Å². The molecule has 1 saturated heterocycles. The summed E-state index contributed by atoms with van der Waals surface area (Å²) < 4.78 is 11.5. The number of unbranched alkanes of at least 4 members (excludes halogenated alkanes) is 2. The van der Waals surface area contributed by atoms with E-state index in [1.165, 1.54) is 19.3 Å². The predicted octanol–water partition coefficient (Wildman–Crippen LogP) is 3.11. The Morgan fingerprint density at radius 2 is 2.15 bits per heavy atom. The van der Waals surface area contributed by atoms with Gasteiger partial charge in [-0.1, -0.05) is 19.8 Å². The molecule has 0 N–H and O–H groups in total. The molecule has 0 aliphatic carbocycles. The number of rotatable bonds is 4. The summed E-state index contributed by atoms with van der Waals surface area (Å²) in [5.74, 6) is -0.299. The summed E-state index contributed by atoms with van der Waals surface area (Å²) >= 11 is 0. The molecule has 0 unspecified atom stereocenters. The van der Waals surface area contributed by atoms with E-state index in [-0.39, 0.29) is 5.79 Å². The summed E-state index contributed by atoms with van der Waals surface area (Å²) in [4.78, 5) is 0. The third-order valence-corrected chi connectivity index (χ3v) is 2.62. The molecular formula is C11H22O2. The Balaban J connectivity index is 2.27. The average Bonchev–Trinajstić information content (AvgIpc) is 2.04. The molecule has 0 radical (unpaired) electrons. The standard InChI is InChI=1S/C11H22O2/c1-4-5-6-8-11(3)12-9-7-10(2)13-11/h10H,4-9H2,1-3H3/t10-,11+/m0/s1. The molecule has 2 nitrogen and oxygen atoms in total. The van der Waals surface area contributed by atoms with Crippen LogP contribution in [0.2, 0.25) is 0 Å². The number of hydrogen-bond acceptors (Lipinski definition) is 2. The van der Waals surface area contributed by atoms with Crippen molar-refractivity contribution in [3.63, 3.8) is 0 Å². The number of ether oxygens (including phenoxy) is 2. The SMILES string of the molecule is CCCCC[C@]1(C)OCC[C@H](C)O1. The molecule has 1 heterocycles. The third kappa shape index (κ3) is 3.65.